The van der Waals surface area contributed by atoms with Crippen LogP contribution in [0.2, 0.25) is 0 Å². The van der Waals surface area contributed by atoms with Crippen LogP contribution in [0.4, 0.5) is 0 Å². The Bertz CT molecular complexity index is 576. The molecule has 0 aliphatic rings. The Morgan fingerprint density at radius 1 is 1.38 bits per heavy atom. The van der Waals surface area contributed by atoms with Gasteiger partial charge in [-0.25, -0.2) is 0 Å². The van der Waals surface area contributed by atoms with Gasteiger partial charge >= 0.3 is 0 Å². The van der Waals surface area contributed by atoms with Crippen molar-refractivity contribution >= 4 is 16.8 Å². The highest BCUT2D eigenvalue weighted by Gasteiger charge is 2.03. The number of pyridine rings is 1. The zero-order chi connectivity index (χ0) is 11.5. The summed E-state index contributed by atoms with van der Waals surface area (Å²) in [5.41, 5.74) is 0.690. The molecule has 2 rings (SSSR count). The van der Waals surface area contributed by atoms with Crippen molar-refractivity contribution in [3.63, 3.8) is 0 Å². The molecular formula is C12H10N2O2. The van der Waals surface area contributed by atoms with Crippen LogP contribution in [0.1, 0.15) is 12.6 Å². The first-order valence-corrected chi connectivity index (χ1v) is 4.84. The number of hydrogen-bond acceptors (Lipinski definition) is 3. The lowest BCUT2D eigenvalue weighted by atomic mass is 10.1. The molecule has 0 radical (unpaired) electrons. The topological polar surface area (TPSA) is 56.0 Å². The van der Waals surface area contributed by atoms with E-state index in [0.29, 0.717) is 5.69 Å². The average Bonchev–Trinajstić information content (AvgIpc) is 2.28. The summed E-state index contributed by atoms with van der Waals surface area (Å²) in [5, 5.41) is 12.5. The molecule has 0 amide bonds. The van der Waals surface area contributed by atoms with Gasteiger partial charge in [-0.05, 0) is 11.5 Å². The van der Waals surface area contributed by atoms with Crippen molar-refractivity contribution in [2.24, 2.45) is 0 Å². The second kappa shape index (κ2) is 4.10. The minimum atomic E-state index is -0.420. The number of allylic oxidation sites excluding steroid dienone is 1. The predicted octanol–water partition coefficient (Wildman–Crippen LogP) is 2.87. The molecule has 2 aromatic rings. The van der Waals surface area contributed by atoms with Crippen LogP contribution in [-0.4, -0.2) is 9.91 Å². The van der Waals surface area contributed by atoms with E-state index >= 15 is 0 Å². The molecule has 0 unspecified atom stereocenters. The van der Waals surface area contributed by atoms with Crippen LogP contribution in [-0.2, 0) is 0 Å². The molecule has 0 fully saturated rings. The fourth-order valence-corrected chi connectivity index (χ4v) is 1.45. The molecule has 1 heterocycles. The Kier molecular flexibility index (Phi) is 2.64. The lowest BCUT2D eigenvalue weighted by molar-refractivity contribution is -0.422. The molecule has 0 atom stereocenters. The molecule has 0 spiro atoms. The van der Waals surface area contributed by atoms with Crippen molar-refractivity contribution in [3.05, 3.63) is 58.0 Å². The second-order valence-corrected chi connectivity index (χ2v) is 3.50. The first-order chi connectivity index (χ1) is 7.66. The minimum absolute atomic E-state index is 0.0859. The Hall–Kier alpha value is -2.23. The molecule has 0 bridgehead atoms. The van der Waals surface area contributed by atoms with Gasteiger partial charge in [0, 0.05) is 24.6 Å². The minimum Gasteiger partial charge on any atom is -0.259 e. The Morgan fingerprint density at radius 3 is 2.75 bits per heavy atom. The molecule has 0 N–H and O–H groups in total. The third kappa shape index (κ3) is 2.06. The molecule has 0 saturated heterocycles. The highest BCUT2D eigenvalue weighted by atomic mass is 16.6. The van der Waals surface area contributed by atoms with Crippen molar-refractivity contribution in [2.45, 2.75) is 6.92 Å². The predicted molar refractivity (Wildman–Crippen MR) is 62.4 cm³/mol. The standard InChI is InChI=1S/C12H10N2O2/c1-9(14(15)16)6-12-7-10-4-2-3-5-11(10)8-13-12/h2-8H,1H3. The van der Waals surface area contributed by atoms with E-state index in [1.807, 2.05) is 30.3 Å². The SMILES string of the molecule is CC(=Cc1cc2ccccc2cn1)[N+](=O)[O-]. The summed E-state index contributed by atoms with van der Waals surface area (Å²) in [7, 11) is 0. The summed E-state index contributed by atoms with van der Waals surface area (Å²) in [5.74, 6) is 0. The fourth-order valence-electron chi connectivity index (χ4n) is 1.45. The Morgan fingerprint density at radius 2 is 2.06 bits per heavy atom. The number of benzene rings is 1. The summed E-state index contributed by atoms with van der Waals surface area (Å²) in [4.78, 5) is 14.2. The third-order valence-electron chi connectivity index (χ3n) is 2.30. The van der Waals surface area contributed by atoms with E-state index in [0.717, 1.165) is 10.8 Å². The molecule has 80 valence electrons. The fraction of sp³-hybridized carbons (Fsp3) is 0.0833. The van der Waals surface area contributed by atoms with E-state index < -0.39 is 4.92 Å². The third-order valence-corrected chi connectivity index (χ3v) is 2.30. The number of nitro groups is 1. The van der Waals surface area contributed by atoms with Crippen LogP contribution in [0.5, 0.6) is 0 Å². The van der Waals surface area contributed by atoms with Gasteiger partial charge in [0.05, 0.1) is 10.6 Å². The van der Waals surface area contributed by atoms with Gasteiger partial charge in [0.1, 0.15) is 0 Å². The van der Waals surface area contributed by atoms with Crippen molar-refractivity contribution < 1.29 is 4.92 Å². The second-order valence-electron chi connectivity index (χ2n) is 3.50. The first kappa shape index (κ1) is 10.3. The maximum absolute atomic E-state index is 10.5. The molecule has 1 aromatic heterocycles. The molecular weight excluding hydrogens is 204 g/mol. The largest absolute Gasteiger partial charge is 0.259 e. The summed E-state index contributed by atoms with van der Waals surface area (Å²) < 4.78 is 0. The van der Waals surface area contributed by atoms with Gasteiger partial charge in [-0.2, -0.15) is 0 Å². The van der Waals surface area contributed by atoms with E-state index in [2.05, 4.69) is 4.98 Å². The van der Waals surface area contributed by atoms with Crippen molar-refractivity contribution in [1.29, 1.82) is 0 Å². The van der Waals surface area contributed by atoms with Crippen LogP contribution in [0.3, 0.4) is 0 Å². The number of aromatic nitrogens is 1. The van der Waals surface area contributed by atoms with Gasteiger partial charge in [0.2, 0.25) is 5.70 Å². The van der Waals surface area contributed by atoms with Gasteiger partial charge in [-0.15, -0.1) is 0 Å². The molecule has 4 heteroatoms. The quantitative estimate of drug-likeness (QED) is 0.570. The van der Waals surface area contributed by atoms with Gasteiger partial charge in [-0.3, -0.25) is 15.1 Å². The molecule has 4 nitrogen and oxygen atoms in total. The summed E-state index contributed by atoms with van der Waals surface area (Å²) in [6.07, 6.45) is 3.18. The van der Waals surface area contributed by atoms with E-state index in [9.17, 15) is 10.1 Å². The van der Waals surface area contributed by atoms with Crippen LogP contribution >= 0.6 is 0 Å². The van der Waals surface area contributed by atoms with E-state index in [1.165, 1.54) is 13.0 Å². The zero-order valence-corrected chi connectivity index (χ0v) is 8.75. The van der Waals surface area contributed by atoms with Crippen LogP contribution < -0.4 is 0 Å². The number of nitrogens with zero attached hydrogens (tertiary/aromatic N) is 2. The van der Waals surface area contributed by atoms with Crippen molar-refractivity contribution in [3.8, 4) is 0 Å². The average molecular weight is 214 g/mol. The lowest BCUT2D eigenvalue weighted by Crippen LogP contribution is -1.93. The Labute approximate surface area is 92.4 Å². The number of rotatable bonds is 2. The molecule has 0 saturated carbocycles. The molecule has 1 aromatic carbocycles. The van der Waals surface area contributed by atoms with Crippen molar-refractivity contribution in [1.82, 2.24) is 4.98 Å². The zero-order valence-electron chi connectivity index (χ0n) is 8.75. The molecule has 0 aliphatic heterocycles. The lowest BCUT2D eigenvalue weighted by Gasteiger charge is -1.98. The smallest absolute Gasteiger partial charge is 0.245 e. The monoisotopic (exact) mass is 214 g/mol. The van der Waals surface area contributed by atoms with Crippen LogP contribution in [0, 0.1) is 10.1 Å². The first-order valence-electron chi connectivity index (χ1n) is 4.84. The summed E-state index contributed by atoms with van der Waals surface area (Å²) in [6, 6.07) is 9.60. The van der Waals surface area contributed by atoms with Gasteiger partial charge < -0.3 is 0 Å². The van der Waals surface area contributed by atoms with Crippen LogP contribution in [0.15, 0.2) is 42.2 Å². The number of hydrogen-bond donors (Lipinski definition) is 0. The Balaban J connectivity index is 2.47. The van der Waals surface area contributed by atoms with E-state index in [1.54, 1.807) is 6.20 Å². The van der Waals surface area contributed by atoms with Crippen molar-refractivity contribution in [2.75, 3.05) is 0 Å². The van der Waals surface area contributed by atoms with Gasteiger partial charge in [0.25, 0.3) is 0 Å². The summed E-state index contributed by atoms with van der Waals surface area (Å²) in [6.45, 7) is 1.46. The van der Waals surface area contributed by atoms with Gasteiger partial charge in [-0.1, -0.05) is 24.3 Å². The maximum atomic E-state index is 10.5. The normalized spacial score (nSPS) is 11.7. The summed E-state index contributed by atoms with van der Waals surface area (Å²) >= 11 is 0. The van der Waals surface area contributed by atoms with E-state index in [-0.39, 0.29) is 5.70 Å². The van der Waals surface area contributed by atoms with E-state index in [4.69, 9.17) is 0 Å². The number of fused-ring (bicyclic) bond motifs is 1. The molecule has 0 aliphatic carbocycles. The highest BCUT2D eigenvalue weighted by molar-refractivity contribution is 5.83. The highest BCUT2D eigenvalue weighted by Crippen LogP contribution is 2.15. The van der Waals surface area contributed by atoms with Crippen LogP contribution in [0.25, 0.3) is 16.8 Å². The maximum Gasteiger partial charge on any atom is 0.245 e. The van der Waals surface area contributed by atoms with Gasteiger partial charge in [0.15, 0.2) is 0 Å². The molecule has 16 heavy (non-hydrogen) atoms.